The Morgan fingerprint density at radius 3 is 2.48 bits per heavy atom. The number of carbonyl (C=O) groups excluding carboxylic acids is 1. The highest BCUT2D eigenvalue weighted by atomic mass is 16.1. The van der Waals surface area contributed by atoms with Crippen LogP contribution in [0.1, 0.15) is 10.4 Å². The summed E-state index contributed by atoms with van der Waals surface area (Å²) in [5, 5.41) is 11.3. The van der Waals surface area contributed by atoms with Crippen molar-refractivity contribution in [2.75, 3.05) is 5.32 Å². The summed E-state index contributed by atoms with van der Waals surface area (Å²) in [7, 11) is 1.90. The largest absolute Gasteiger partial charge is 0.307 e. The third kappa shape index (κ3) is 3.34. The lowest BCUT2D eigenvalue weighted by molar-refractivity contribution is 0.102. The maximum absolute atomic E-state index is 12.7. The predicted octanol–water partition coefficient (Wildman–Crippen LogP) is 5.04. The van der Waals surface area contributed by atoms with Crippen molar-refractivity contribution in [1.82, 2.24) is 14.8 Å². The molecule has 5 nitrogen and oxygen atoms in total. The number of nitrogens with one attached hydrogen (secondary N) is 1. The molecule has 0 aliphatic rings. The van der Waals surface area contributed by atoms with Crippen molar-refractivity contribution >= 4 is 33.3 Å². The van der Waals surface area contributed by atoms with E-state index < -0.39 is 0 Å². The molecule has 0 aliphatic carbocycles. The highest BCUT2D eigenvalue weighted by Gasteiger charge is 2.09. The van der Waals surface area contributed by atoms with Gasteiger partial charge in [0.05, 0.1) is 6.20 Å². The number of pyridine rings is 1. The summed E-state index contributed by atoms with van der Waals surface area (Å²) < 4.78 is 1.78. The first kappa shape index (κ1) is 17.1. The van der Waals surface area contributed by atoms with E-state index >= 15 is 0 Å². The molecule has 0 atom stereocenters. The molecule has 0 fully saturated rings. The average Bonchev–Trinajstić information content (AvgIpc) is 3.19. The van der Waals surface area contributed by atoms with Crippen LogP contribution in [0.4, 0.5) is 5.82 Å². The first-order valence-electron chi connectivity index (χ1n) is 9.35. The van der Waals surface area contributed by atoms with Crippen LogP contribution in [0.5, 0.6) is 0 Å². The van der Waals surface area contributed by atoms with E-state index in [1.807, 2.05) is 80.1 Å². The summed E-state index contributed by atoms with van der Waals surface area (Å²) in [6, 6.07) is 21.7. The Morgan fingerprint density at radius 1 is 0.828 bits per heavy atom. The van der Waals surface area contributed by atoms with Gasteiger partial charge in [0.1, 0.15) is 5.82 Å². The second-order valence-electron chi connectivity index (χ2n) is 7.05. The fourth-order valence-corrected chi connectivity index (χ4v) is 3.48. The van der Waals surface area contributed by atoms with Gasteiger partial charge in [-0.2, -0.15) is 5.10 Å². The topological polar surface area (TPSA) is 59.8 Å². The molecule has 1 amide bonds. The monoisotopic (exact) mass is 378 g/mol. The number of rotatable bonds is 3. The lowest BCUT2D eigenvalue weighted by Crippen LogP contribution is -2.12. The second kappa shape index (κ2) is 6.87. The Balaban J connectivity index is 1.45. The fraction of sp³-hybridized carbons (Fsp3) is 0.0417. The molecule has 5 aromatic rings. The number of aromatic nitrogens is 3. The minimum absolute atomic E-state index is 0.175. The van der Waals surface area contributed by atoms with Crippen LogP contribution >= 0.6 is 0 Å². The van der Waals surface area contributed by atoms with Gasteiger partial charge in [0.25, 0.3) is 5.91 Å². The van der Waals surface area contributed by atoms with Crippen LogP contribution in [-0.2, 0) is 7.05 Å². The van der Waals surface area contributed by atoms with Gasteiger partial charge < -0.3 is 5.32 Å². The molecule has 2 aromatic heterocycles. The number of aryl methyl sites for hydroxylation is 1. The lowest BCUT2D eigenvalue weighted by Gasteiger charge is -2.08. The van der Waals surface area contributed by atoms with Gasteiger partial charge in [-0.3, -0.25) is 9.48 Å². The molecular formula is C24H18N4O. The molecule has 0 unspecified atom stereocenters. The van der Waals surface area contributed by atoms with Crippen LogP contribution < -0.4 is 5.32 Å². The van der Waals surface area contributed by atoms with E-state index in [2.05, 4.69) is 21.5 Å². The molecule has 0 bridgehead atoms. The van der Waals surface area contributed by atoms with Crippen molar-refractivity contribution < 1.29 is 4.79 Å². The van der Waals surface area contributed by atoms with Gasteiger partial charge in [0, 0.05) is 36.0 Å². The summed E-state index contributed by atoms with van der Waals surface area (Å²) in [5.41, 5.74) is 2.73. The van der Waals surface area contributed by atoms with Crippen LogP contribution in [0, 0.1) is 0 Å². The number of hydrogen-bond acceptors (Lipinski definition) is 3. The molecule has 5 heteroatoms. The third-order valence-corrected chi connectivity index (χ3v) is 5.01. The SMILES string of the molecule is Cn1cc(-c2ccc3cnc(NC(=O)c4ccc5ccccc5c4)cc3c2)cn1. The highest BCUT2D eigenvalue weighted by molar-refractivity contribution is 6.06. The van der Waals surface area contributed by atoms with Gasteiger partial charge in [-0.15, -0.1) is 0 Å². The maximum atomic E-state index is 12.7. The summed E-state index contributed by atoms with van der Waals surface area (Å²) in [6.07, 6.45) is 5.59. The second-order valence-corrected chi connectivity index (χ2v) is 7.05. The van der Waals surface area contributed by atoms with Gasteiger partial charge in [-0.25, -0.2) is 4.98 Å². The zero-order chi connectivity index (χ0) is 19.8. The molecule has 0 saturated carbocycles. The van der Waals surface area contributed by atoms with Gasteiger partial charge in [0.15, 0.2) is 0 Å². The van der Waals surface area contributed by atoms with E-state index in [0.29, 0.717) is 11.4 Å². The highest BCUT2D eigenvalue weighted by Crippen LogP contribution is 2.25. The number of anilines is 1. The quantitative estimate of drug-likeness (QED) is 0.478. The van der Waals surface area contributed by atoms with Crippen molar-refractivity contribution in [2.45, 2.75) is 0 Å². The molecule has 140 valence electrons. The number of carbonyl (C=O) groups is 1. The van der Waals surface area contributed by atoms with E-state index in [1.165, 1.54) is 0 Å². The van der Waals surface area contributed by atoms with E-state index in [-0.39, 0.29) is 5.91 Å². The van der Waals surface area contributed by atoms with Crippen LogP contribution in [0.2, 0.25) is 0 Å². The van der Waals surface area contributed by atoms with E-state index in [9.17, 15) is 4.79 Å². The minimum Gasteiger partial charge on any atom is -0.307 e. The summed E-state index contributed by atoms with van der Waals surface area (Å²) in [5.74, 6) is 0.352. The van der Waals surface area contributed by atoms with Gasteiger partial charge in [0.2, 0.25) is 0 Å². The number of nitrogens with zero attached hydrogens (tertiary/aromatic N) is 3. The van der Waals surface area contributed by atoms with Crippen molar-refractivity contribution in [3.8, 4) is 11.1 Å². The Labute approximate surface area is 167 Å². The van der Waals surface area contributed by atoms with E-state index in [4.69, 9.17) is 0 Å². The molecular weight excluding hydrogens is 360 g/mol. The normalized spacial score (nSPS) is 11.1. The number of hydrogen-bond donors (Lipinski definition) is 1. The molecule has 1 N–H and O–H groups in total. The van der Waals surface area contributed by atoms with Crippen LogP contribution in [-0.4, -0.2) is 20.7 Å². The minimum atomic E-state index is -0.175. The van der Waals surface area contributed by atoms with Crippen molar-refractivity contribution in [1.29, 1.82) is 0 Å². The zero-order valence-corrected chi connectivity index (χ0v) is 15.8. The first-order valence-corrected chi connectivity index (χ1v) is 9.35. The van der Waals surface area contributed by atoms with Crippen LogP contribution in [0.3, 0.4) is 0 Å². The molecule has 0 radical (unpaired) electrons. The summed E-state index contributed by atoms with van der Waals surface area (Å²) >= 11 is 0. The van der Waals surface area contributed by atoms with E-state index in [0.717, 1.165) is 32.7 Å². The first-order chi connectivity index (χ1) is 14.2. The lowest BCUT2D eigenvalue weighted by atomic mass is 10.0. The Morgan fingerprint density at radius 2 is 1.66 bits per heavy atom. The van der Waals surface area contributed by atoms with Crippen LogP contribution in [0.15, 0.2) is 85.3 Å². The zero-order valence-electron chi connectivity index (χ0n) is 15.8. The molecule has 0 aliphatic heterocycles. The standard InChI is InChI=1S/C24H18N4O/c1-28-15-22(14-26-28)18-7-9-20-13-25-23(12-21(20)11-18)27-24(29)19-8-6-16-4-2-3-5-17(16)10-19/h2-15H,1H3,(H,25,27,29). The van der Waals surface area contributed by atoms with Gasteiger partial charge in [-0.1, -0.05) is 42.5 Å². The average molecular weight is 378 g/mol. The Kier molecular flexibility index (Phi) is 4.06. The molecule has 5 rings (SSSR count). The molecule has 0 saturated heterocycles. The molecule has 3 aromatic carbocycles. The molecule has 0 spiro atoms. The predicted molar refractivity (Wildman–Crippen MR) is 116 cm³/mol. The fourth-order valence-electron chi connectivity index (χ4n) is 3.48. The van der Waals surface area contributed by atoms with Crippen LogP contribution in [0.25, 0.3) is 32.7 Å². The molecule has 29 heavy (non-hydrogen) atoms. The van der Waals surface area contributed by atoms with Gasteiger partial charge in [-0.05, 0) is 46.0 Å². The number of fused-ring (bicyclic) bond motifs is 2. The Hall–Kier alpha value is -3.99. The number of benzene rings is 3. The number of amides is 1. The summed E-state index contributed by atoms with van der Waals surface area (Å²) in [4.78, 5) is 17.1. The van der Waals surface area contributed by atoms with E-state index in [1.54, 1.807) is 10.9 Å². The maximum Gasteiger partial charge on any atom is 0.256 e. The van der Waals surface area contributed by atoms with Crippen molar-refractivity contribution in [3.05, 3.63) is 90.9 Å². The summed E-state index contributed by atoms with van der Waals surface area (Å²) in [6.45, 7) is 0. The molecule has 2 heterocycles. The Bertz CT molecular complexity index is 1370. The van der Waals surface area contributed by atoms with Gasteiger partial charge >= 0.3 is 0 Å². The van der Waals surface area contributed by atoms with Crippen molar-refractivity contribution in [2.24, 2.45) is 7.05 Å². The smallest absolute Gasteiger partial charge is 0.256 e. The van der Waals surface area contributed by atoms with Crippen molar-refractivity contribution in [3.63, 3.8) is 0 Å². The third-order valence-electron chi connectivity index (χ3n) is 5.01.